The third-order valence-electron chi connectivity index (χ3n) is 3.09. The van der Waals surface area contributed by atoms with Gasteiger partial charge in [0.1, 0.15) is 12.4 Å². The number of carbonyl (C=O) groups excluding carboxylic acids is 1. The number of benzene rings is 1. The van der Waals surface area contributed by atoms with Gasteiger partial charge in [-0.3, -0.25) is 4.79 Å². The van der Waals surface area contributed by atoms with Gasteiger partial charge in [0, 0.05) is 16.6 Å². The summed E-state index contributed by atoms with van der Waals surface area (Å²) in [5.41, 5.74) is 2.60. The van der Waals surface area contributed by atoms with E-state index in [1.54, 1.807) is 13.2 Å². The predicted molar refractivity (Wildman–Crippen MR) is 79.5 cm³/mol. The van der Waals surface area contributed by atoms with E-state index in [1.165, 1.54) is 6.08 Å². The van der Waals surface area contributed by atoms with E-state index < -0.39 is 0 Å². The average Bonchev–Trinajstić information content (AvgIpc) is 2.74. The normalized spacial score (nSPS) is 10.6. The van der Waals surface area contributed by atoms with Crippen LogP contribution in [0.4, 0.5) is 0 Å². The molecule has 0 fully saturated rings. The lowest BCUT2D eigenvalue weighted by molar-refractivity contribution is -0.141. The van der Waals surface area contributed by atoms with E-state index in [9.17, 15) is 4.79 Å². The Kier molecular flexibility index (Phi) is 4.35. The highest BCUT2D eigenvalue weighted by molar-refractivity contribution is 6.37. The van der Waals surface area contributed by atoms with Crippen molar-refractivity contribution < 1.29 is 14.3 Å². The van der Waals surface area contributed by atoms with Crippen molar-refractivity contribution in [2.75, 3.05) is 13.7 Å². The molecule has 1 aromatic heterocycles. The van der Waals surface area contributed by atoms with Crippen LogP contribution in [0.25, 0.3) is 10.9 Å². The van der Waals surface area contributed by atoms with E-state index in [4.69, 9.17) is 21.1 Å². The molecule has 4 nitrogen and oxygen atoms in total. The van der Waals surface area contributed by atoms with Crippen LogP contribution in [0.3, 0.4) is 0 Å². The third kappa shape index (κ3) is 2.65. The number of aromatic nitrogens is 1. The summed E-state index contributed by atoms with van der Waals surface area (Å²) in [6, 6.07) is 3.67. The van der Waals surface area contributed by atoms with Gasteiger partial charge in [0.05, 0.1) is 18.6 Å². The Balaban J connectivity index is 2.44. The molecule has 0 saturated carbocycles. The van der Waals surface area contributed by atoms with Crippen molar-refractivity contribution in [3.8, 4) is 5.75 Å². The quantitative estimate of drug-likeness (QED) is 0.679. The van der Waals surface area contributed by atoms with Crippen molar-refractivity contribution in [2.45, 2.75) is 13.3 Å². The maximum atomic E-state index is 11.8. The Bertz CT molecular complexity index is 661. The van der Waals surface area contributed by atoms with Crippen LogP contribution in [0.15, 0.2) is 24.8 Å². The van der Waals surface area contributed by atoms with Gasteiger partial charge in [0.2, 0.25) is 0 Å². The van der Waals surface area contributed by atoms with Crippen molar-refractivity contribution in [1.82, 2.24) is 4.98 Å². The molecule has 1 heterocycles. The standard InChI is InChI=1S/C15H16ClNO3/c1-4-7-20-13(18)8-10-9(2)17-11-5-6-12(19-3)15(16)14(10)11/h4-6,17H,1,7-8H2,2-3H3. The monoisotopic (exact) mass is 293 g/mol. The van der Waals surface area contributed by atoms with Crippen LogP contribution in [0, 0.1) is 6.92 Å². The number of fused-ring (bicyclic) bond motifs is 1. The second-order valence-electron chi connectivity index (χ2n) is 4.38. The first-order valence-electron chi connectivity index (χ1n) is 6.18. The minimum Gasteiger partial charge on any atom is -0.495 e. The molecule has 0 atom stereocenters. The van der Waals surface area contributed by atoms with Gasteiger partial charge in [-0.05, 0) is 24.6 Å². The van der Waals surface area contributed by atoms with E-state index in [1.807, 2.05) is 13.0 Å². The SMILES string of the molecule is C=CCOC(=O)Cc1c(C)[nH]c2ccc(OC)c(Cl)c12. The molecule has 2 rings (SSSR count). The molecule has 0 aliphatic carbocycles. The molecule has 106 valence electrons. The summed E-state index contributed by atoms with van der Waals surface area (Å²) in [4.78, 5) is 15.0. The van der Waals surface area contributed by atoms with Crippen molar-refractivity contribution in [1.29, 1.82) is 0 Å². The van der Waals surface area contributed by atoms with Gasteiger partial charge >= 0.3 is 5.97 Å². The summed E-state index contributed by atoms with van der Waals surface area (Å²) in [5, 5.41) is 1.31. The van der Waals surface area contributed by atoms with Gasteiger partial charge in [0.25, 0.3) is 0 Å². The van der Waals surface area contributed by atoms with E-state index in [0.29, 0.717) is 10.8 Å². The second-order valence-corrected chi connectivity index (χ2v) is 4.76. The van der Waals surface area contributed by atoms with E-state index >= 15 is 0 Å². The second kappa shape index (κ2) is 6.01. The van der Waals surface area contributed by atoms with Crippen molar-refractivity contribution in [3.63, 3.8) is 0 Å². The number of rotatable bonds is 5. The zero-order valence-electron chi connectivity index (χ0n) is 11.5. The molecule has 0 spiro atoms. The number of hydrogen-bond acceptors (Lipinski definition) is 3. The van der Waals surface area contributed by atoms with Crippen LogP contribution >= 0.6 is 11.6 Å². The topological polar surface area (TPSA) is 51.3 Å². The van der Waals surface area contributed by atoms with E-state index in [2.05, 4.69) is 11.6 Å². The van der Waals surface area contributed by atoms with E-state index in [0.717, 1.165) is 22.2 Å². The molecule has 0 radical (unpaired) electrons. The van der Waals surface area contributed by atoms with Gasteiger partial charge in [0.15, 0.2) is 0 Å². The molecule has 0 aliphatic heterocycles. The van der Waals surface area contributed by atoms with Crippen LogP contribution in [0.1, 0.15) is 11.3 Å². The first kappa shape index (κ1) is 14.5. The number of ether oxygens (including phenoxy) is 2. The maximum absolute atomic E-state index is 11.8. The first-order chi connectivity index (χ1) is 9.58. The van der Waals surface area contributed by atoms with Crippen molar-refractivity contribution >= 4 is 28.5 Å². The summed E-state index contributed by atoms with van der Waals surface area (Å²) in [6.45, 7) is 5.62. The fraction of sp³-hybridized carbons (Fsp3) is 0.267. The highest BCUT2D eigenvalue weighted by atomic mass is 35.5. The smallest absolute Gasteiger partial charge is 0.310 e. The molecule has 1 N–H and O–H groups in total. The highest BCUT2D eigenvalue weighted by Gasteiger charge is 2.17. The lowest BCUT2D eigenvalue weighted by Crippen LogP contribution is -2.08. The largest absolute Gasteiger partial charge is 0.495 e. The van der Waals surface area contributed by atoms with Gasteiger partial charge in [-0.1, -0.05) is 24.3 Å². The number of aryl methyl sites for hydroxylation is 1. The van der Waals surface area contributed by atoms with Crippen LogP contribution < -0.4 is 4.74 Å². The number of esters is 1. The summed E-state index contributed by atoms with van der Waals surface area (Å²) < 4.78 is 10.2. The number of nitrogens with one attached hydrogen (secondary N) is 1. The van der Waals surface area contributed by atoms with Crippen LogP contribution in [0.5, 0.6) is 5.75 Å². The highest BCUT2D eigenvalue weighted by Crippen LogP contribution is 2.36. The molecular formula is C15H16ClNO3. The first-order valence-corrected chi connectivity index (χ1v) is 6.56. The van der Waals surface area contributed by atoms with Gasteiger partial charge < -0.3 is 14.5 Å². The number of carbonyl (C=O) groups is 1. The fourth-order valence-corrected chi connectivity index (χ4v) is 2.50. The molecule has 1 aromatic carbocycles. The number of H-pyrrole nitrogens is 1. The average molecular weight is 294 g/mol. The van der Waals surface area contributed by atoms with Gasteiger partial charge in [-0.2, -0.15) is 0 Å². The minimum atomic E-state index is -0.312. The van der Waals surface area contributed by atoms with Crippen LogP contribution in [-0.4, -0.2) is 24.7 Å². The summed E-state index contributed by atoms with van der Waals surface area (Å²) in [5.74, 6) is 0.270. The zero-order valence-corrected chi connectivity index (χ0v) is 12.2. The lowest BCUT2D eigenvalue weighted by atomic mass is 10.1. The Morgan fingerprint density at radius 1 is 1.50 bits per heavy atom. The molecule has 0 unspecified atom stereocenters. The number of methoxy groups -OCH3 is 1. The van der Waals surface area contributed by atoms with Gasteiger partial charge in [-0.25, -0.2) is 0 Å². The predicted octanol–water partition coefficient (Wildman–Crippen LogP) is 3.41. The maximum Gasteiger partial charge on any atom is 0.310 e. The fourth-order valence-electron chi connectivity index (χ4n) is 2.15. The van der Waals surface area contributed by atoms with Crippen molar-refractivity contribution in [2.24, 2.45) is 0 Å². The number of hydrogen-bond donors (Lipinski definition) is 1. The van der Waals surface area contributed by atoms with Crippen LogP contribution in [0.2, 0.25) is 5.02 Å². The summed E-state index contributed by atoms with van der Waals surface area (Å²) in [6.07, 6.45) is 1.70. The van der Waals surface area contributed by atoms with E-state index in [-0.39, 0.29) is 19.0 Å². The summed E-state index contributed by atoms with van der Waals surface area (Å²) in [7, 11) is 1.56. The molecule has 5 heteroatoms. The van der Waals surface area contributed by atoms with Crippen molar-refractivity contribution in [3.05, 3.63) is 41.1 Å². The molecule has 0 bridgehead atoms. The zero-order chi connectivity index (χ0) is 14.7. The van der Waals surface area contributed by atoms with Gasteiger partial charge in [-0.15, -0.1) is 0 Å². The Hall–Kier alpha value is -1.94. The number of halogens is 1. The Labute approximate surface area is 122 Å². The molecule has 0 amide bonds. The Morgan fingerprint density at radius 3 is 2.90 bits per heavy atom. The summed E-state index contributed by atoms with van der Waals surface area (Å²) >= 11 is 6.33. The molecule has 20 heavy (non-hydrogen) atoms. The molecule has 0 saturated heterocycles. The third-order valence-corrected chi connectivity index (χ3v) is 3.46. The lowest BCUT2D eigenvalue weighted by Gasteiger charge is -2.06. The Morgan fingerprint density at radius 2 is 2.25 bits per heavy atom. The minimum absolute atomic E-state index is 0.159. The molecule has 2 aromatic rings. The molecule has 0 aliphatic rings. The van der Waals surface area contributed by atoms with Crippen LogP contribution in [-0.2, 0) is 16.0 Å². The number of aromatic amines is 1. The molecular weight excluding hydrogens is 278 g/mol.